The van der Waals surface area contributed by atoms with E-state index < -0.39 is 6.04 Å². The monoisotopic (exact) mass is 518 g/mol. The summed E-state index contributed by atoms with van der Waals surface area (Å²) in [4.78, 5) is 22.6. The first-order valence-electron chi connectivity index (χ1n) is 11.3. The van der Waals surface area contributed by atoms with Gasteiger partial charge in [-0.15, -0.1) is 0 Å². The predicted octanol–water partition coefficient (Wildman–Crippen LogP) is 6.37. The van der Waals surface area contributed by atoms with Crippen molar-refractivity contribution in [1.82, 2.24) is 19.9 Å². The zero-order valence-corrected chi connectivity index (χ0v) is 20.5. The lowest BCUT2D eigenvalue weighted by Gasteiger charge is -2.22. The molecular weight excluding hydrogens is 498 g/mol. The fourth-order valence-corrected chi connectivity index (χ4v) is 4.52. The van der Waals surface area contributed by atoms with Gasteiger partial charge in [-0.1, -0.05) is 71.7 Å². The van der Waals surface area contributed by atoms with Crippen LogP contribution < -0.4 is 5.32 Å². The Morgan fingerprint density at radius 3 is 2.39 bits per heavy atom. The number of rotatable bonds is 7. The van der Waals surface area contributed by atoms with E-state index in [4.69, 9.17) is 28.2 Å². The maximum atomic E-state index is 14.6. The third kappa shape index (κ3) is 4.96. The van der Waals surface area contributed by atoms with Gasteiger partial charge < -0.3 is 9.88 Å². The van der Waals surface area contributed by atoms with Crippen LogP contribution in [-0.2, 0) is 17.8 Å². The third-order valence-corrected chi connectivity index (χ3v) is 6.67. The van der Waals surface area contributed by atoms with Crippen molar-refractivity contribution in [2.75, 3.05) is 0 Å². The summed E-state index contributed by atoms with van der Waals surface area (Å²) in [5, 5.41) is 3.72. The van der Waals surface area contributed by atoms with Gasteiger partial charge in [-0.2, -0.15) is 0 Å². The first-order chi connectivity index (χ1) is 17.5. The molecule has 0 saturated carbocycles. The number of amides is 1. The molecule has 5 rings (SSSR count). The summed E-state index contributed by atoms with van der Waals surface area (Å²) in [6.07, 6.45) is 3.53. The molecule has 1 atom stereocenters. The van der Waals surface area contributed by atoms with E-state index in [1.165, 1.54) is 6.07 Å². The average molecular weight is 519 g/mol. The molecule has 0 aliphatic rings. The van der Waals surface area contributed by atoms with Crippen molar-refractivity contribution in [2.24, 2.45) is 0 Å². The van der Waals surface area contributed by atoms with Crippen molar-refractivity contribution in [3.05, 3.63) is 130 Å². The highest BCUT2D eigenvalue weighted by molar-refractivity contribution is 6.42. The van der Waals surface area contributed by atoms with Crippen molar-refractivity contribution in [3.63, 3.8) is 0 Å². The molecule has 0 spiro atoms. The summed E-state index contributed by atoms with van der Waals surface area (Å²) in [5.41, 5.74) is 3.34. The minimum absolute atomic E-state index is 0.178. The van der Waals surface area contributed by atoms with E-state index >= 15 is 0 Å². The maximum Gasteiger partial charge on any atom is 0.248 e. The van der Waals surface area contributed by atoms with Crippen LogP contribution in [0, 0.1) is 5.82 Å². The maximum absolute atomic E-state index is 14.6. The van der Waals surface area contributed by atoms with Crippen LogP contribution in [0.2, 0.25) is 10.0 Å². The Balaban J connectivity index is 1.65. The van der Waals surface area contributed by atoms with E-state index in [0.29, 0.717) is 39.0 Å². The van der Waals surface area contributed by atoms with Gasteiger partial charge in [0.2, 0.25) is 5.91 Å². The molecule has 1 amide bonds. The molecule has 2 heterocycles. The van der Waals surface area contributed by atoms with Crippen LogP contribution in [-0.4, -0.2) is 20.4 Å². The number of benzene rings is 3. The lowest BCUT2D eigenvalue weighted by Crippen LogP contribution is -2.33. The molecule has 0 radical (unpaired) electrons. The Morgan fingerprint density at radius 1 is 0.944 bits per heavy atom. The van der Waals surface area contributed by atoms with Gasteiger partial charge in [-0.25, -0.2) is 9.37 Å². The van der Waals surface area contributed by atoms with Crippen LogP contribution >= 0.6 is 23.2 Å². The number of fused-ring (bicyclic) bond motifs is 1. The molecule has 0 bridgehead atoms. The van der Waals surface area contributed by atoms with E-state index in [0.717, 1.165) is 11.1 Å². The van der Waals surface area contributed by atoms with Crippen LogP contribution in [0.4, 0.5) is 4.39 Å². The fourth-order valence-electron chi connectivity index (χ4n) is 4.20. The number of nitrogens with one attached hydrogen (secondary N) is 1. The van der Waals surface area contributed by atoms with Crippen LogP contribution in [0.1, 0.15) is 28.6 Å². The van der Waals surface area contributed by atoms with E-state index in [1.54, 1.807) is 42.7 Å². The first-order valence-corrected chi connectivity index (χ1v) is 12.1. The van der Waals surface area contributed by atoms with Gasteiger partial charge in [0.05, 0.1) is 21.1 Å². The van der Waals surface area contributed by atoms with E-state index in [1.807, 2.05) is 47.0 Å². The molecule has 36 heavy (non-hydrogen) atoms. The summed E-state index contributed by atoms with van der Waals surface area (Å²) in [6.45, 7) is 0.326. The number of nitrogens with zero attached hydrogens (tertiary/aromatic N) is 3. The molecule has 0 aliphatic heterocycles. The quantitative estimate of drug-likeness (QED) is 0.272. The largest absolute Gasteiger partial charge is 0.350 e. The van der Waals surface area contributed by atoms with Gasteiger partial charge in [0.25, 0.3) is 0 Å². The molecule has 3 aromatic carbocycles. The van der Waals surface area contributed by atoms with E-state index in [9.17, 15) is 9.18 Å². The molecule has 0 unspecified atom stereocenters. The molecule has 5 aromatic rings. The summed E-state index contributed by atoms with van der Waals surface area (Å²) in [6, 6.07) is 22.2. The lowest BCUT2D eigenvalue weighted by atomic mass is 10.0. The van der Waals surface area contributed by atoms with E-state index in [-0.39, 0.29) is 18.1 Å². The molecule has 2 aromatic heterocycles. The highest BCUT2D eigenvalue weighted by Crippen LogP contribution is 2.33. The number of carbonyl (C=O) groups is 1. The highest BCUT2D eigenvalue weighted by atomic mass is 35.5. The minimum Gasteiger partial charge on any atom is -0.350 e. The Kier molecular flexibility index (Phi) is 6.98. The number of hydrogen-bond acceptors (Lipinski definition) is 3. The molecule has 8 heteroatoms. The molecule has 180 valence electrons. The van der Waals surface area contributed by atoms with Crippen molar-refractivity contribution in [3.8, 4) is 0 Å². The lowest BCUT2D eigenvalue weighted by molar-refractivity contribution is -0.123. The molecule has 1 N–H and O–H groups in total. The molecule has 0 saturated heterocycles. The smallest absolute Gasteiger partial charge is 0.248 e. The highest BCUT2D eigenvalue weighted by Gasteiger charge is 2.28. The van der Waals surface area contributed by atoms with Gasteiger partial charge in [-0.05, 0) is 47.0 Å². The Bertz CT molecular complexity index is 1520. The summed E-state index contributed by atoms with van der Waals surface area (Å²) in [5.74, 6) is -0.0647. The van der Waals surface area contributed by atoms with Crippen molar-refractivity contribution in [2.45, 2.75) is 19.0 Å². The SMILES string of the molecule is O=C(NCc1ccncc1)[C@H](c1ccccc1)n1c(Cc2ccccc2F)nc2cc(Cl)c(Cl)cc21. The normalized spacial score (nSPS) is 12.0. The number of carbonyl (C=O) groups excluding carboxylic acids is 1. The number of halogens is 3. The van der Waals surface area contributed by atoms with Gasteiger partial charge in [0, 0.05) is 25.4 Å². The predicted molar refractivity (Wildman–Crippen MR) is 140 cm³/mol. The summed E-state index contributed by atoms with van der Waals surface area (Å²) < 4.78 is 16.4. The van der Waals surface area contributed by atoms with Crippen LogP contribution in [0.5, 0.6) is 0 Å². The zero-order chi connectivity index (χ0) is 25.1. The Hall–Kier alpha value is -3.74. The summed E-state index contributed by atoms with van der Waals surface area (Å²) >= 11 is 12.7. The number of imidazole rings is 1. The molecular formula is C28H21Cl2FN4O. The van der Waals surface area contributed by atoms with Crippen LogP contribution in [0.3, 0.4) is 0 Å². The second-order valence-corrected chi connectivity index (χ2v) is 9.12. The molecule has 0 aliphatic carbocycles. The first kappa shape index (κ1) is 24.0. The summed E-state index contributed by atoms with van der Waals surface area (Å²) in [7, 11) is 0. The van der Waals surface area contributed by atoms with Crippen LogP contribution in [0.25, 0.3) is 11.0 Å². The number of aromatic nitrogens is 3. The molecule has 5 nitrogen and oxygen atoms in total. The Morgan fingerprint density at radius 2 is 1.64 bits per heavy atom. The second-order valence-electron chi connectivity index (χ2n) is 8.31. The van der Waals surface area contributed by atoms with Gasteiger partial charge in [0.15, 0.2) is 0 Å². The second kappa shape index (κ2) is 10.5. The van der Waals surface area contributed by atoms with Crippen molar-refractivity contribution < 1.29 is 9.18 Å². The van der Waals surface area contributed by atoms with Gasteiger partial charge >= 0.3 is 0 Å². The van der Waals surface area contributed by atoms with Gasteiger partial charge in [-0.3, -0.25) is 9.78 Å². The number of pyridine rings is 1. The zero-order valence-electron chi connectivity index (χ0n) is 19.0. The number of hydrogen-bond donors (Lipinski definition) is 1. The van der Waals surface area contributed by atoms with Crippen molar-refractivity contribution >= 4 is 40.1 Å². The molecule has 0 fully saturated rings. The van der Waals surface area contributed by atoms with Gasteiger partial charge in [0.1, 0.15) is 17.7 Å². The van der Waals surface area contributed by atoms with Crippen molar-refractivity contribution in [1.29, 1.82) is 0 Å². The van der Waals surface area contributed by atoms with E-state index in [2.05, 4.69) is 10.3 Å². The standard InChI is InChI=1S/C28H21Cl2FN4O/c29-21-15-24-25(16-22(21)30)35(26(34-24)14-20-8-4-5-9-23(20)31)27(19-6-2-1-3-7-19)28(36)33-17-18-10-12-32-13-11-18/h1-13,15-16,27H,14,17H2,(H,33,36)/t27-/m0/s1. The average Bonchev–Trinajstić information content (AvgIpc) is 3.22. The topological polar surface area (TPSA) is 59.8 Å². The minimum atomic E-state index is -0.781. The Labute approximate surface area is 217 Å². The third-order valence-electron chi connectivity index (χ3n) is 5.95. The van der Waals surface area contributed by atoms with Crippen LogP contribution in [0.15, 0.2) is 91.3 Å². The fraction of sp³-hybridized carbons (Fsp3) is 0.107.